The number of amides is 4. The first-order valence-corrected chi connectivity index (χ1v) is 14.4. The summed E-state index contributed by atoms with van der Waals surface area (Å²) < 4.78 is 6.25. The van der Waals surface area contributed by atoms with Gasteiger partial charge in [-0.05, 0) is 76.8 Å². The van der Waals surface area contributed by atoms with Crippen LogP contribution in [0.3, 0.4) is 0 Å². The summed E-state index contributed by atoms with van der Waals surface area (Å²) in [6.07, 6.45) is 6.55. The largest absolute Gasteiger partial charge is 0.361 e. The highest BCUT2D eigenvalue weighted by atomic mass is 16.5. The maximum atomic E-state index is 13.3. The highest BCUT2D eigenvalue weighted by Crippen LogP contribution is 2.42. The van der Waals surface area contributed by atoms with Crippen LogP contribution in [-0.4, -0.2) is 57.8 Å². The third-order valence-corrected chi connectivity index (χ3v) is 8.13. The van der Waals surface area contributed by atoms with Crippen molar-refractivity contribution in [2.75, 3.05) is 11.9 Å². The molecule has 42 heavy (non-hydrogen) atoms. The molecule has 3 atom stereocenters. The van der Waals surface area contributed by atoms with E-state index in [0.29, 0.717) is 17.5 Å². The second-order valence-electron chi connectivity index (χ2n) is 11.0. The normalized spacial score (nSPS) is 19.9. The predicted octanol–water partition coefficient (Wildman–Crippen LogP) is 1.37. The zero-order valence-electron chi connectivity index (χ0n) is 24.2. The zero-order chi connectivity index (χ0) is 30.4. The minimum absolute atomic E-state index is 0.0975. The molecule has 13 heteroatoms. The average Bonchev–Trinajstić information content (AvgIpc) is 3.38. The predicted molar refractivity (Wildman–Crippen MR) is 151 cm³/mol. The van der Waals surface area contributed by atoms with Crippen molar-refractivity contribution in [3.8, 4) is 0 Å². The molecule has 2 aliphatic carbocycles. The Balaban J connectivity index is 1.45. The van der Waals surface area contributed by atoms with E-state index in [1.54, 1.807) is 20.8 Å². The molecule has 0 radical (unpaired) electrons. The van der Waals surface area contributed by atoms with Crippen LogP contribution >= 0.6 is 0 Å². The van der Waals surface area contributed by atoms with Gasteiger partial charge in [-0.1, -0.05) is 11.6 Å². The quantitative estimate of drug-likeness (QED) is 0.271. The molecule has 2 fully saturated rings. The molecule has 0 aliphatic heterocycles. The minimum atomic E-state index is -1.28. The topological polar surface area (TPSA) is 182 Å². The number of anilines is 1. The number of likely N-dealkylation sites (N-methyl/N-ethyl adjacent to an activating group) is 1. The number of carbonyl (C=O) groups excluding carboxylic acids is 5. The molecule has 4 amide bonds. The van der Waals surface area contributed by atoms with Gasteiger partial charge in [0.05, 0.1) is 5.69 Å². The molecule has 2 unspecified atom stereocenters. The van der Waals surface area contributed by atoms with Crippen molar-refractivity contribution in [3.05, 3.63) is 45.7 Å². The van der Waals surface area contributed by atoms with Crippen LogP contribution in [0.4, 0.5) is 5.69 Å². The maximum Gasteiger partial charge on any atom is 0.287 e. The summed E-state index contributed by atoms with van der Waals surface area (Å²) in [4.78, 5) is 76.5. The molecule has 0 aromatic carbocycles. The number of nitrogens with zero attached hydrogens (tertiary/aromatic N) is 2. The van der Waals surface area contributed by atoms with Gasteiger partial charge in [0.1, 0.15) is 29.6 Å². The lowest BCUT2D eigenvalue weighted by molar-refractivity contribution is -0.138. The summed E-state index contributed by atoms with van der Waals surface area (Å²) in [5, 5.41) is 14.4. The molecule has 226 valence electrons. The Morgan fingerprint density at radius 3 is 2.45 bits per heavy atom. The number of fused-ring (bicyclic) bond motifs is 2. The van der Waals surface area contributed by atoms with Crippen molar-refractivity contribution >= 4 is 35.1 Å². The van der Waals surface area contributed by atoms with Gasteiger partial charge in [0.15, 0.2) is 0 Å². The first-order chi connectivity index (χ1) is 20.1. The zero-order valence-corrected chi connectivity index (χ0v) is 24.2. The molecule has 2 aromatic heterocycles. The highest BCUT2D eigenvalue weighted by molar-refractivity contribution is 6.36. The lowest BCUT2D eigenvalue weighted by Crippen LogP contribution is -2.46. The van der Waals surface area contributed by atoms with Gasteiger partial charge in [-0.2, -0.15) is 0 Å². The number of rotatable bonds is 12. The number of aryl methyl sites for hydroxylation is 2. The minimum Gasteiger partial charge on any atom is -0.361 e. The van der Waals surface area contributed by atoms with Crippen molar-refractivity contribution < 1.29 is 28.5 Å². The number of ketones is 1. The van der Waals surface area contributed by atoms with Crippen LogP contribution in [0, 0.1) is 25.7 Å². The Labute approximate surface area is 243 Å². The van der Waals surface area contributed by atoms with Crippen LogP contribution in [0.1, 0.15) is 73.7 Å². The molecule has 13 nitrogen and oxygen atoms in total. The SMILES string of the molecule is CCNC(=O)C(=O)CC[C@H](NC(=O)c1c(C)noc1C)C(=O)Nc1cccn(CC(=O)NC2C3CCCC2CC3)c1=O. The first-order valence-electron chi connectivity index (χ1n) is 14.4. The first kappa shape index (κ1) is 30.7. The van der Waals surface area contributed by atoms with Gasteiger partial charge in [-0.15, -0.1) is 0 Å². The summed E-state index contributed by atoms with van der Waals surface area (Å²) in [6, 6.07) is 1.78. The van der Waals surface area contributed by atoms with Gasteiger partial charge >= 0.3 is 0 Å². The Morgan fingerprint density at radius 2 is 1.81 bits per heavy atom. The van der Waals surface area contributed by atoms with Gasteiger partial charge in [0, 0.05) is 25.2 Å². The highest BCUT2D eigenvalue weighted by Gasteiger charge is 2.39. The molecule has 0 spiro atoms. The molecular weight excluding hydrogens is 544 g/mol. The van der Waals surface area contributed by atoms with Crippen molar-refractivity contribution in [3.63, 3.8) is 0 Å². The van der Waals surface area contributed by atoms with Crippen molar-refractivity contribution in [1.29, 1.82) is 0 Å². The van der Waals surface area contributed by atoms with Gasteiger partial charge in [-0.3, -0.25) is 28.8 Å². The Morgan fingerprint density at radius 1 is 1.10 bits per heavy atom. The third kappa shape index (κ3) is 7.12. The number of Topliss-reactive ketones (excluding diaryl/α,β-unsaturated/α-hetero) is 1. The number of carbonyl (C=O) groups is 5. The van der Waals surface area contributed by atoms with Crippen LogP contribution in [-0.2, 0) is 25.7 Å². The third-order valence-electron chi connectivity index (χ3n) is 8.13. The summed E-state index contributed by atoms with van der Waals surface area (Å²) in [7, 11) is 0. The Kier molecular flexibility index (Phi) is 9.92. The molecule has 2 aliphatic rings. The molecule has 2 aromatic rings. The Bertz CT molecular complexity index is 1380. The summed E-state index contributed by atoms with van der Waals surface area (Å²) in [5.41, 5.74) is -0.239. The molecule has 0 saturated heterocycles. The van der Waals surface area contributed by atoms with Gasteiger partial charge in [0.2, 0.25) is 17.6 Å². The molecule has 2 heterocycles. The fraction of sp³-hybridized carbons (Fsp3) is 0.552. The standard InChI is InChI=1S/C29H38N6O7/c1-4-30-27(39)22(36)13-12-20(31-28(40)24-16(2)34-42-17(24)3)26(38)32-21-9-6-14-35(29(21)41)15-23(37)33-25-18-7-5-8-19(25)11-10-18/h6,9,14,18-20,25H,4-5,7-8,10-13,15H2,1-3H3,(H,30,39)(H,31,40)(H,32,38)(H,33,37)/t18?,19?,20-,25?/m0/s1. The molecule has 2 bridgehead atoms. The lowest BCUT2D eigenvalue weighted by Gasteiger charge is -2.30. The smallest absolute Gasteiger partial charge is 0.287 e. The number of aromatic nitrogens is 2. The molecular formula is C29H38N6O7. The van der Waals surface area contributed by atoms with E-state index in [1.807, 2.05) is 0 Å². The van der Waals surface area contributed by atoms with E-state index in [4.69, 9.17) is 4.52 Å². The second kappa shape index (κ2) is 13.6. The van der Waals surface area contributed by atoms with Crippen LogP contribution in [0.15, 0.2) is 27.6 Å². The van der Waals surface area contributed by atoms with Crippen LogP contribution in [0.25, 0.3) is 0 Å². The van der Waals surface area contributed by atoms with Crippen LogP contribution in [0.5, 0.6) is 0 Å². The van der Waals surface area contributed by atoms with Crippen molar-refractivity contribution in [2.24, 2.45) is 11.8 Å². The van der Waals surface area contributed by atoms with E-state index >= 15 is 0 Å². The van der Waals surface area contributed by atoms with E-state index in [0.717, 1.165) is 25.7 Å². The average molecular weight is 583 g/mol. The van der Waals surface area contributed by atoms with Crippen molar-refractivity contribution in [2.45, 2.75) is 84.3 Å². The number of hydrogen-bond donors (Lipinski definition) is 4. The van der Waals surface area contributed by atoms with E-state index in [2.05, 4.69) is 26.4 Å². The van der Waals surface area contributed by atoms with E-state index < -0.39 is 35.1 Å². The second-order valence-corrected chi connectivity index (χ2v) is 11.0. The van der Waals surface area contributed by atoms with Gasteiger partial charge in [-0.25, -0.2) is 0 Å². The fourth-order valence-electron chi connectivity index (χ4n) is 6.01. The lowest BCUT2D eigenvalue weighted by atomic mass is 9.84. The van der Waals surface area contributed by atoms with E-state index in [1.165, 1.54) is 29.3 Å². The van der Waals surface area contributed by atoms with Gasteiger partial charge in [0.25, 0.3) is 17.4 Å². The van der Waals surface area contributed by atoms with E-state index in [9.17, 15) is 28.8 Å². The number of hydrogen-bond acceptors (Lipinski definition) is 8. The molecule has 4 rings (SSSR count). The van der Waals surface area contributed by atoms with Crippen LogP contribution in [0.2, 0.25) is 0 Å². The molecule has 4 N–H and O–H groups in total. The Hall–Kier alpha value is -4.29. The van der Waals surface area contributed by atoms with Crippen molar-refractivity contribution in [1.82, 2.24) is 25.7 Å². The number of pyridine rings is 1. The van der Waals surface area contributed by atoms with Crippen LogP contribution < -0.4 is 26.8 Å². The monoisotopic (exact) mass is 582 g/mol. The van der Waals surface area contributed by atoms with Gasteiger partial charge < -0.3 is 30.4 Å². The fourth-order valence-corrected chi connectivity index (χ4v) is 6.01. The molecule has 2 saturated carbocycles. The maximum absolute atomic E-state index is 13.3. The summed E-state index contributed by atoms with van der Waals surface area (Å²) in [5.74, 6) is -2.03. The number of nitrogens with one attached hydrogen (secondary N) is 4. The summed E-state index contributed by atoms with van der Waals surface area (Å²) in [6.45, 7) is 4.84. The van der Waals surface area contributed by atoms with E-state index in [-0.39, 0.29) is 54.9 Å². The summed E-state index contributed by atoms with van der Waals surface area (Å²) >= 11 is 0.